The van der Waals surface area contributed by atoms with Crippen molar-refractivity contribution in [2.24, 2.45) is 67.8 Å². The Balaban J connectivity index is 1.48. The zero-order valence-corrected chi connectivity index (χ0v) is 35.1. The molecule has 4 fully saturated rings. The standard InChI is InChI=1S/C43H71N5O5/c1-25(2)27(5)38(9)18-19-40(11)28-14-15-31-39(10)21-52-23-43(31,29(28)16-17-41(40,12)32(38)36(50)51)20-30(33(39)53-22-42(13,44)37(6,7)8)48-34(45-24-46-48)35(49)47-26(3)4/h16,24-28,30-33H,14-15,17-23,44H2,1-13H3,(H,47,49)(H,50,51)/t27-,28+,30-,31+,32-,33+,38-,39+,40-,41+,42+,43?/m1/s1. The van der Waals surface area contributed by atoms with Gasteiger partial charge in [-0.2, -0.15) is 5.10 Å². The molecule has 12 atom stereocenters. The van der Waals surface area contributed by atoms with Gasteiger partial charge in [-0.15, -0.1) is 0 Å². The summed E-state index contributed by atoms with van der Waals surface area (Å²) >= 11 is 0. The Kier molecular flexibility index (Phi) is 10.0. The van der Waals surface area contributed by atoms with Crippen LogP contribution in [0.1, 0.15) is 145 Å². The second kappa shape index (κ2) is 13.1. The molecule has 1 saturated heterocycles. The minimum atomic E-state index is -0.649. The van der Waals surface area contributed by atoms with Crippen molar-refractivity contribution < 1.29 is 24.2 Å². The maximum absolute atomic E-state index is 13.7. The Morgan fingerprint density at radius 2 is 1.74 bits per heavy atom. The monoisotopic (exact) mass is 738 g/mol. The van der Waals surface area contributed by atoms with Gasteiger partial charge >= 0.3 is 5.97 Å². The molecule has 1 aliphatic heterocycles. The van der Waals surface area contributed by atoms with E-state index in [9.17, 15) is 14.7 Å². The molecule has 10 heteroatoms. The molecule has 0 aromatic carbocycles. The molecular formula is C43H71N5O5. The smallest absolute Gasteiger partial charge is 0.307 e. The Morgan fingerprint density at radius 1 is 1.06 bits per heavy atom. The van der Waals surface area contributed by atoms with Crippen molar-refractivity contribution in [2.75, 3.05) is 19.8 Å². The summed E-state index contributed by atoms with van der Waals surface area (Å²) in [5.74, 6) is 0.139. The van der Waals surface area contributed by atoms with Crippen LogP contribution in [0.2, 0.25) is 0 Å². The van der Waals surface area contributed by atoms with Crippen LogP contribution < -0.4 is 11.1 Å². The number of aromatic nitrogens is 3. The highest BCUT2D eigenvalue weighted by atomic mass is 16.5. The fourth-order valence-corrected chi connectivity index (χ4v) is 12.6. The van der Waals surface area contributed by atoms with Crippen molar-refractivity contribution in [3.63, 3.8) is 0 Å². The molecule has 5 aliphatic rings. The number of allylic oxidation sites excluding steroid dienone is 1. The van der Waals surface area contributed by atoms with Crippen LogP contribution in [0.5, 0.6) is 0 Å². The number of carbonyl (C=O) groups excluding carboxylic acids is 1. The van der Waals surface area contributed by atoms with Crippen molar-refractivity contribution in [1.82, 2.24) is 20.1 Å². The van der Waals surface area contributed by atoms with Gasteiger partial charge in [-0.05, 0) is 105 Å². The van der Waals surface area contributed by atoms with Gasteiger partial charge in [0.25, 0.3) is 5.91 Å². The number of hydrogen-bond donors (Lipinski definition) is 3. The third-order valence-corrected chi connectivity index (χ3v) is 16.9. The van der Waals surface area contributed by atoms with Crippen molar-refractivity contribution in [2.45, 2.75) is 152 Å². The third kappa shape index (κ3) is 5.88. The second-order valence-electron chi connectivity index (χ2n) is 21.2. The Labute approximate surface area is 319 Å². The molecule has 1 aromatic rings. The maximum atomic E-state index is 13.7. The van der Waals surface area contributed by atoms with E-state index in [1.807, 2.05) is 18.5 Å². The highest BCUT2D eigenvalue weighted by Crippen LogP contribution is 2.75. The first kappa shape index (κ1) is 40.4. The summed E-state index contributed by atoms with van der Waals surface area (Å²) in [6.07, 6.45) is 8.98. The summed E-state index contributed by atoms with van der Waals surface area (Å²) in [6, 6.07) is -0.346. The van der Waals surface area contributed by atoms with Crippen molar-refractivity contribution in [1.29, 1.82) is 0 Å². The van der Waals surface area contributed by atoms with E-state index in [0.717, 1.165) is 32.1 Å². The summed E-state index contributed by atoms with van der Waals surface area (Å²) in [5.41, 5.74) is 5.98. The predicted molar refractivity (Wildman–Crippen MR) is 207 cm³/mol. The molecule has 3 saturated carbocycles. The van der Waals surface area contributed by atoms with Gasteiger partial charge in [-0.3, -0.25) is 9.59 Å². The maximum Gasteiger partial charge on any atom is 0.307 e. The Hall–Kier alpha value is -2.30. The highest BCUT2D eigenvalue weighted by molar-refractivity contribution is 5.90. The zero-order valence-electron chi connectivity index (χ0n) is 35.1. The number of ether oxygens (including phenoxy) is 2. The Bertz CT molecular complexity index is 1610. The highest BCUT2D eigenvalue weighted by Gasteiger charge is 2.72. The molecule has 298 valence electrons. The molecule has 10 nitrogen and oxygen atoms in total. The average Bonchev–Trinajstić information content (AvgIpc) is 3.53. The SMILES string of the molecule is CC(C)NC(=O)c1ncnn1[C@@H]1CC23COC[C@@](C)([C@@H]2CC[C@H]2C3=CC[C@@]3(C)[C@H](C(=O)O)[C@@](C)([C@H](C)C(C)C)CC[C@]23C)[C@H]1OC[C@](C)(N)C(C)(C)C. The molecule has 1 unspecified atom stereocenters. The van der Waals surface area contributed by atoms with Crippen molar-refractivity contribution >= 4 is 11.9 Å². The normalized spacial score (nSPS) is 41.4. The van der Waals surface area contributed by atoms with Crippen LogP contribution in [0.15, 0.2) is 18.0 Å². The van der Waals surface area contributed by atoms with Crippen LogP contribution in [0, 0.1) is 62.1 Å². The van der Waals surface area contributed by atoms with E-state index >= 15 is 0 Å². The minimum absolute atomic E-state index is 0.0545. The van der Waals surface area contributed by atoms with E-state index in [0.29, 0.717) is 38.0 Å². The number of nitrogens with zero attached hydrogens (tertiary/aromatic N) is 3. The fourth-order valence-electron chi connectivity index (χ4n) is 12.6. The minimum Gasteiger partial charge on any atom is -0.481 e. The fraction of sp³-hybridized carbons (Fsp3) is 0.860. The first-order valence-corrected chi connectivity index (χ1v) is 20.5. The van der Waals surface area contributed by atoms with Gasteiger partial charge in [-0.25, -0.2) is 9.67 Å². The third-order valence-electron chi connectivity index (χ3n) is 16.9. The van der Waals surface area contributed by atoms with Crippen LogP contribution in [0.3, 0.4) is 0 Å². The van der Waals surface area contributed by atoms with Gasteiger partial charge < -0.3 is 25.6 Å². The molecule has 2 heterocycles. The lowest BCUT2D eigenvalue weighted by molar-refractivity contribution is -0.253. The molecule has 2 bridgehead atoms. The molecule has 53 heavy (non-hydrogen) atoms. The molecule has 4 aliphatic carbocycles. The van der Waals surface area contributed by atoms with E-state index in [-0.39, 0.29) is 63.5 Å². The van der Waals surface area contributed by atoms with Crippen LogP contribution in [0.4, 0.5) is 0 Å². The van der Waals surface area contributed by atoms with Gasteiger partial charge in [0, 0.05) is 22.4 Å². The van der Waals surface area contributed by atoms with Crippen LogP contribution in [0.25, 0.3) is 0 Å². The van der Waals surface area contributed by atoms with Crippen LogP contribution in [-0.2, 0) is 14.3 Å². The number of nitrogens with one attached hydrogen (secondary N) is 1. The first-order chi connectivity index (χ1) is 24.4. The zero-order chi connectivity index (χ0) is 39.3. The number of carboxylic acid groups (broad SMARTS) is 1. The lowest BCUT2D eigenvalue weighted by Crippen LogP contribution is -2.69. The van der Waals surface area contributed by atoms with Crippen molar-refractivity contribution in [3.05, 3.63) is 23.8 Å². The number of carbonyl (C=O) groups is 2. The number of amides is 1. The van der Waals surface area contributed by atoms with Gasteiger partial charge in [0.15, 0.2) is 0 Å². The number of carboxylic acids is 1. The lowest BCUT2D eigenvalue weighted by Gasteiger charge is -2.71. The number of aliphatic carboxylic acids is 1. The van der Waals surface area contributed by atoms with E-state index in [1.165, 1.54) is 11.9 Å². The van der Waals surface area contributed by atoms with E-state index in [4.69, 9.17) is 20.3 Å². The predicted octanol–water partition coefficient (Wildman–Crippen LogP) is 7.69. The van der Waals surface area contributed by atoms with E-state index in [1.54, 1.807) is 0 Å². The number of fused-ring (bicyclic) bond motifs is 3. The van der Waals surface area contributed by atoms with Gasteiger partial charge in [0.1, 0.15) is 6.33 Å². The molecule has 1 aromatic heterocycles. The number of rotatable bonds is 9. The molecule has 0 spiro atoms. The molecular weight excluding hydrogens is 667 g/mol. The summed E-state index contributed by atoms with van der Waals surface area (Å²) < 4.78 is 15.7. The average molecular weight is 738 g/mol. The number of hydrogen-bond acceptors (Lipinski definition) is 7. The topological polar surface area (TPSA) is 142 Å². The van der Waals surface area contributed by atoms with E-state index in [2.05, 4.69) is 92.5 Å². The van der Waals surface area contributed by atoms with Gasteiger partial charge in [0.2, 0.25) is 5.82 Å². The summed E-state index contributed by atoms with van der Waals surface area (Å²) in [7, 11) is 0. The van der Waals surface area contributed by atoms with Gasteiger partial charge in [-0.1, -0.05) is 80.9 Å². The van der Waals surface area contributed by atoms with Crippen LogP contribution in [-0.4, -0.2) is 69.3 Å². The summed E-state index contributed by atoms with van der Waals surface area (Å²) in [6.45, 7) is 30.0. The van der Waals surface area contributed by atoms with E-state index < -0.39 is 28.3 Å². The van der Waals surface area contributed by atoms with Crippen molar-refractivity contribution in [3.8, 4) is 0 Å². The van der Waals surface area contributed by atoms with Gasteiger partial charge in [0.05, 0.1) is 37.9 Å². The van der Waals surface area contributed by atoms with Crippen LogP contribution >= 0.6 is 0 Å². The second-order valence-corrected chi connectivity index (χ2v) is 21.2. The molecule has 4 N–H and O–H groups in total. The molecule has 6 rings (SSSR count). The number of nitrogens with two attached hydrogens (primary N) is 1. The first-order valence-electron chi connectivity index (χ1n) is 20.5. The largest absolute Gasteiger partial charge is 0.481 e. The molecule has 0 radical (unpaired) electrons. The lowest BCUT2D eigenvalue weighted by atomic mass is 9.34. The quantitative estimate of drug-likeness (QED) is 0.219. The summed E-state index contributed by atoms with van der Waals surface area (Å²) in [5, 5.41) is 18.9. The Morgan fingerprint density at radius 3 is 2.34 bits per heavy atom. The molecule has 1 amide bonds. The summed E-state index contributed by atoms with van der Waals surface area (Å²) in [4.78, 5) is 31.7.